The van der Waals surface area contributed by atoms with Crippen LogP contribution in [0.1, 0.15) is 35.7 Å². The van der Waals surface area contributed by atoms with Gasteiger partial charge in [-0.05, 0) is 72.4 Å². The summed E-state index contributed by atoms with van der Waals surface area (Å²) in [5.74, 6) is 0.706. The SMILES string of the molecule is CCCc1ccc(OC(=O)c2cccc(N3C(=O)[C@@H]4[C@@H]5C=C[C@H]([C@H]6C[C@H]56)[C@@H]4C3=O)c2)cc1. The molecule has 0 N–H and O–H groups in total. The van der Waals surface area contributed by atoms with Gasteiger partial charge in [0.25, 0.3) is 0 Å². The lowest BCUT2D eigenvalue weighted by atomic mass is 9.63. The summed E-state index contributed by atoms with van der Waals surface area (Å²) in [7, 11) is 0. The molecule has 0 aromatic heterocycles. The minimum atomic E-state index is -0.505. The Hall–Kier alpha value is -3.21. The minimum absolute atomic E-state index is 0.123. The van der Waals surface area contributed by atoms with Gasteiger partial charge in [-0.2, -0.15) is 0 Å². The van der Waals surface area contributed by atoms with E-state index in [0.29, 0.717) is 28.8 Å². The normalized spacial score (nSPS) is 31.5. The summed E-state index contributed by atoms with van der Waals surface area (Å²) >= 11 is 0. The smallest absolute Gasteiger partial charge is 0.343 e. The number of ether oxygens (including phenoxy) is 1. The first-order chi connectivity index (χ1) is 15.6. The van der Waals surface area contributed by atoms with Crippen molar-refractivity contribution in [1.29, 1.82) is 0 Å². The van der Waals surface area contributed by atoms with E-state index >= 15 is 0 Å². The topological polar surface area (TPSA) is 63.7 Å². The average molecular weight is 428 g/mol. The van der Waals surface area contributed by atoms with Crippen LogP contribution in [0, 0.1) is 35.5 Å². The van der Waals surface area contributed by atoms with Crippen molar-refractivity contribution in [1.82, 2.24) is 0 Å². The third kappa shape index (κ3) is 2.87. The second-order valence-corrected chi connectivity index (χ2v) is 9.50. The summed E-state index contributed by atoms with van der Waals surface area (Å²) in [5.41, 5.74) is 1.97. The van der Waals surface area contributed by atoms with E-state index in [1.165, 1.54) is 10.5 Å². The molecule has 2 amide bonds. The highest BCUT2D eigenvalue weighted by Crippen LogP contribution is 2.65. The van der Waals surface area contributed by atoms with E-state index < -0.39 is 5.97 Å². The first-order valence-corrected chi connectivity index (χ1v) is 11.5. The van der Waals surface area contributed by atoms with Gasteiger partial charge in [0.05, 0.1) is 23.1 Å². The maximum absolute atomic E-state index is 13.3. The molecule has 0 radical (unpaired) electrons. The molecule has 5 aliphatic rings. The first-order valence-electron chi connectivity index (χ1n) is 11.5. The number of allylic oxidation sites excluding steroid dienone is 2. The number of hydrogen-bond acceptors (Lipinski definition) is 4. The average Bonchev–Trinajstić information content (AvgIpc) is 3.59. The Morgan fingerprint density at radius 3 is 2.25 bits per heavy atom. The molecule has 162 valence electrons. The van der Waals surface area contributed by atoms with E-state index in [1.807, 2.05) is 12.1 Å². The Morgan fingerprint density at radius 2 is 1.62 bits per heavy atom. The van der Waals surface area contributed by atoms with Crippen LogP contribution in [0.25, 0.3) is 0 Å². The van der Waals surface area contributed by atoms with E-state index in [2.05, 4.69) is 19.1 Å². The summed E-state index contributed by atoms with van der Waals surface area (Å²) in [6, 6.07) is 14.2. The third-order valence-electron chi connectivity index (χ3n) is 7.68. The van der Waals surface area contributed by atoms with Gasteiger partial charge in [-0.3, -0.25) is 9.59 Å². The fourth-order valence-corrected chi connectivity index (χ4v) is 6.16. The maximum atomic E-state index is 13.3. The summed E-state index contributed by atoms with van der Waals surface area (Å²) in [4.78, 5) is 40.7. The van der Waals surface area contributed by atoms with Gasteiger partial charge < -0.3 is 4.74 Å². The van der Waals surface area contributed by atoms with Crippen LogP contribution in [0.2, 0.25) is 0 Å². The van der Waals surface area contributed by atoms with Gasteiger partial charge in [-0.25, -0.2) is 9.69 Å². The molecule has 1 heterocycles. The van der Waals surface area contributed by atoms with Gasteiger partial charge in [0.1, 0.15) is 5.75 Å². The molecule has 1 saturated heterocycles. The van der Waals surface area contributed by atoms with Gasteiger partial charge in [0.15, 0.2) is 0 Å². The zero-order valence-corrected chi connectivity index (χ0v) is 17.9. The van der Waals surface area contributed by atoms with Crippen LogP contribution in [0.4, 0.5) is 5.69 Å². The van der Waals surface area contributed by atoms with Crippen LogP contribution in [-0.2, 0) is 16.0 Å². The Balaban J connectivity index is 1.23. The molecule has 0 unspecified atom stereocenters. The minimum Gasteiger partial charge on any atom is -0.423 e. The summed E-state index contributed by atoms with van der Waals surface area (Å²) in [6.07, 6.45) is 7.49. The Labute approximate surface area is 187 Å². The number of carbonyl (C=O) groups excluding carboxylic acids is 3. The van der Waals surface area contributed by atoms with Crippen molar-refractivity contribution < 1.29 is 19.1 Å². The van der Waals surface area contributed by atoms with Crippen LogP contribution in [0.5, 0.6) is 5.75 Å². The summed E-state index contributed by atoms with van der Waals surface area (Å²) < 4.78 is 5.53. The number of anilines is 1. The van der Waals surface area contributed by atoms with Gasteiger partial charge >= 0.3 is 5.97 Å². The summed E-state index contributed by atoms with van der Waals surface area (Å²) in [6.45, 7) is 2.12. The molecule has 0 spiro atoms. The van der Waals surface area contributed by atoms with Crippen LogP contribution in [-0.4, -0.2) is 17.8 Å². The highest BCUT2D eigenvalue weighted by molar-refractivity contribution is 6.23. The van der Waals surface area contributed by atoms with E-state index in [-0.39, 0.29) is 35.5 Å². The first kappa shape index (κ1) is 19.5. The van der Waals surface area contributed by atoms with Crippen molar-refractivity contribution in [3.8, 4) is 5.75 Å². The molecule has 2 saturated carbocycles. The fraction of sp³-hybridized carbons (Fsp3) is 0.370. The van der Waals surface area contributed by atoms with Crippen molar-refractivity contribution in [2.45, 2.75) is 26.2 Å². The lowest BCUT2D eigenvalue weighted by molar-refractivity contribution is -0.124. The quantitative estimate of drug-likeness (QED) is 0.307. The highest BCUT2D eigenvalue weighted by atomic mass is 16.5. The molecular weight excluding hydrogens is 402 g/mol. The Morgan fingerprint density at radius 1 is 0.969 bits per heavy atom. The number of nitrogens with zero attached hydrogens (tertiary/aromatic N) is 1. The predicted octanol–water partition coefficient (Wildman–Crippen LogP) is 4.42. The number of esters is 1. The van der Waals surface area contributed by atoms with Crippen LogP contribution in [0.15, 0.2) is 60.7 Å². The second-order valence-electron chi connectivity index (χ2n) is 9.50. The van der Waals surface area contributed by atoms with Gasteiger partial charge in [-0.1, -0.05) is 43.7 Å². The molecule has 5 heteroatoms. The predicted molar refractivity (Wildman–Crippen MR) is 119 cm³/mol. The molecule has 32 heavy (non-hydrogen) atoms. The number of carbonyl (C=O) groups is 3. The zero-order chi connectivity index (χ0) is 22.0. The van der Waals surface area contributed by atoms with Crippen molar-refractivity contribution in [3.63, 3.8) is 0 Å². The van der Waals surface area contributed by atoms with Gasteiger partial charge in [-0.15, -0.1) is 0 Å². The monoisotopic (exact) mass is 427 g/mol. The van der Waals surface area contributed by atoms with Crippen molar-refractivity contribution in [2.75, 3.05) is 4.90 Å². The van der Waals surface area contributed by atoms with Gasteiger partial charge in [0.2, 0.25) is 11.8 Å². The van der Waals surface area contributed by atoms with Crippen LogP contribution in [0.3, 0.4) is 0 Å². The molecule has 2 aromatic rings. The zero-order valence-electron chi connectivity index (χ0n) is 17.9. The molecular formula is C27H25NO4. The summed E-state index contributed by atoms with van der Waals surface area (Å²) in [5, 5.41) is 0. The molecule has 1 aliphatic heterocycles. The van der Waals surface area contributed by atoms with Crippen molar-refractivity contribution in [2.24, 2.45) is 35.5 Å². The van der Waals surface area contributed by atoms with Crippen LogP contribution < -0.4 is 9.64 Å². The number of imide groups is 1. The molecule has 2 aromatic carbocycles. The number of rotatable bonds is 5. The standard InChI is InChI=1S/C27H25NO4/c1-2-4-15-7-9-18(10-8-15)32-27(31)16-5-3-6-17(13-16)28-25(29)23-19-11-12-20(22-14-21(19)22)24(23)26(28)30/h3,5-13,19-24H,2,4,14H2,1H3/t19-,20-,21-,22-,23-,24+/m1/s1. The lowest BCUT2D eigenvalue weighted by Crippen LogP contribution is -2.40. The molecule has 5 nitrogen and oxygen atoms in total. The largest absolute Gasteiger partial charge is 0.423 e. The Bertz CT molecular complexity index is 1110. The van der Waals surface area contributed by atoms with E-state index in [4.69, 9.17) is 4.74 Å². The van der Waals surface area contributed by atoms with Crippen molar-refractivity contribution >= 4 is 23.5 Å². The number of amides is 2. The molecule has 2 bridgehead atoms. The molecule has 4 aliphatic carbocycles. The van der Waals surface area contributed by atoms with E-state index in [0.717, 1.165) is 19.3 Å². The van der Waals surface area contributed by atoms with Crippen LogP contribution >= 0.6 is 0 Å². The maximum Gasteiger partial charge on any atom is 0.343 e. The number of aryl methyl sites for hydroxylation is 1. The van der Waals surface area contributed by atoms with E-state index in [9.17, 15) is 14.4 Å². The van der Waals surface area contributed by atoms with E-state index in [1.54, 1.807) is 36.4 Å². The number of benzene rings is 2. The van der Waals surface area contributed by atoms with Gasteiger partial charge in [0, 0.05) is 0 Å². The second kappa shape index (κ2) is 7.16. The fourth-order valence-electron chi connectivity index (χ4n) is 6.16. The highest BCUT2D eigenvalue weighted by Gasteiger charge is 2.67. The molecule has 7 rings (SSSR count). The number of hydrogen-bond donors (Lipinski definition) is 0. The third-order valence-corrected chi connectivity index (χ3v) is 7.68. The molecule has 6 atom stereocenters. The lowest BCUT2D eigenvalue weighted by Gasteiger charge is -2.37. The van der Waals surface area contributed by atoms with Crippen molar-refractivity contribution in [3.05, 3.63) is 71.8 Å². The molecule has 3 fully saturated rings. The Kier molecular flexibility index (Phi) is 4.36.